The van der Waals surface area contributed by atoms with Crippen LogP contribution in [0.1, 0.15) is 48.8 Å². The van der Waals surface area contributed by atoms with Crippen molar-refractivity contribution < 1.29 is 28.9 Å². The van der Waals surface area contributed by atoms with Gasteiger partial charge < -0.3 is 19.8 Å². The minimum atomic E-state index is -1.41. The number of carbonyl (C=O) groups is 2. The molecule has 0 aliphatic carbocycles. The van der Waals surface area contributed by atoms with Crippen LogP contribution in [-0.2, 0) is 16.9 Å². The monoisotopic (exact) mass is 479 g/mol. The maximum absolute atomic E-state index is 14.4. The number of likely N-dealkylation sites (tertiary alicyclic amines) is 1. The van der Waals surface area contributed by atoms with Crippen LogP contribution in [0.2, 0.25) is 0 Å². The molecule has 1 amide bonds. The number of rotatable bonds is 7. The molecule has 1 atom stereocenters. The summed E-state index contributed by atoms with van der Waals surface area (Å²) in [5, 5.41) is 27.6. The van der Waals surface area contributed by atoms with E-state index in [9.17, 15) is 24.2 Å². The maximum atomic E-state index is 14.4. The third kappa shape index (κ3) is 5.46. The van der Waals surface area contributed by atoms with Gasteiger partial charge >= 0.3 is 5.97 Å². The standard InChI is InChI=1S/C26H26FN3O5/c1-15-10-24(31)30(13-15)14-17-11-20(27)19(25(32)33)12-22(17)35-18-6-4-16(5-7-18)21-8-9-23(29-28-21)26(2,3)34/h4-9,11-12,15,34H,10,13-14H2,1-3H3,(H,32,33). The van der Waals surface area contributed by atoms with Crippen LogP contribution in [0.15, 0.2) is 48.5 Å². The molecule has 8 nitrogen and oxygen atoms in total. The van der Waals surface area contributed by atoms with Crippen molar-refractivity contribution in [1.82, 2.24) is 15.1 Å². The molecule has 1 fully saturated rings. The molecule has 1 aliphatic heterocycles. The highest BCUT2D eigenvalue weighted by molar-refractivity contribution is 5.88. The van der Waals surface area contributed by atoms with Crippen LogP contribution in [0.4, 0.5) is 4.39 Å². The topological polar surface area (TPSA) is 113 Å². The number of ether oxygens (including phenoxy) is 1. The number of hydrogen-bond acceptors (Lipinski definition) is 6. The van der Waals surface area contributed by atoms with Gasteiger partial charge in [-0.2, -0.15) is 10.2 Å². The zero-order valence-corrected chi connectivity index (χ0v) is 19.7. The second-order valence-corrected chi connectivity index (χ2v) is 9.32. The summed E-state index contributed by atoms with van der Waals surface area (Å²) >= 11 is 0. The minimum absolute atomic E-state index is 0.0350. The van der Waals surface area contributed by atoms with Crippen LogP contribution in [0, 0.1) is 11.7 Å². The SMILES string of the molecule is CC1CC(=O)N(Cc2cc(F)c(C(=O)O)cc2Oc2ccc(-c3ccc(C(C)(C)O)nn3)cc2)C1. The number of amides is 1. The van der Waals surface area contributed by atoms with E-state index in [-0.39, 0.29) is 24.1 Å². The summed E-state index contributed by atoms with van der Waals surface area (Å²) in [6.45, 7) is 5.89. The number of carboxylic acid groups (broad SMARTS) is 1. The van der Waals surface area contributed by atoms with E-state index in [1.165, 1.54) is 0 Å². The van der Waals surface area contributed by atoms with Crippen molar-refractivity contribution in [3.05, 3.63) is 71.2 Å². The van der Waals surface area contributed by atoms with Gasteiger partial charge in [0.05, 0.1) is 17.0 Å². The van der Waals surface area contributed by atoms with Gasteiger partial charge in [0.1, 0.15) is 22.9 Å². The van der Waals surface area contributed by atoms with E-state index < -0.39 is 23.0 Å². The zero-order chi connectivity index (χ0) is 25.3. The molecule has 0 radical (unpaired) electrons. The third-order valence-corrected chi connectivity index (χ3v) is 5.82. The van der Waals surface area contributed by atoms with Crippen molar-refractivity contribution in [3.8, 4) is 22.8 Å². The lowest BCUT2D eigenvalue weighted by Gasteiger charge is -2.19. The Hall–Kier alpha value is -3.85. The van der Waals surface area contributed by atoms with Crippen molar-refractivity contribution >= 4 is 11.9 Å². The predicted molar refractivity (Wildman–Crippen MR) is 125 cm³/mol. The minimum Gasteiger partial charge on any atom is -0.478 e. The van der Waals surface area contributed by atoms with Crippen molar-refractivity contribution in [1.29, 1.82) is 0 Å². The lowest BCUT2D eigenvalue weighted by atomic mass is 10.0. The number of nitrogens with zero attached hydrogens (tertiary/aromatic N) is 3. The first kappa shape index (κ1) is 24.3. The Morgan fingerprint density at radius 2 is 1.89 bits per heavy atom. The average Bonchev–Trinajstić information content (AvgIpc) is 3.11. The molecule has 1 saturated heterocycles. The Morgan fingerprint density at radius 3 is 2.43 bits per heavy atom. The molecule has 2 heterocycles. The van der Waals surface area contributed by atoms with Crippen LogP contribution in [0.5, 0.6) is 11.5 Å². The van der Waals surface area contributed by atoms with E-state index in [2.05, 4.69) is 10.2 Å². The molecule has 1 unspecified atom stereocenters. The number of halogens is 1. The summed E-state index contributed by atoms with van der Waals surface area (Å²) in [4.78, 5) is 25.3. The molecular weight excluding hydrogens is 453 g/mol. The van der Waals surface area contributed by atoms with Gasteiger partial charge in [0.25, 0.3) is 0 Å². The fourth-order valence-corrected chi connectivity index (χ4v) is 3.94. The van der Waals surface area contributed by atoms with Crippen molar-refractivity contribution in [2.75, 3.05) is 6.54 Å². The number of aromatic nitrogens is 2. The predicted octanol–water partition coefficient (Wildman–Crippen LogP) is 4.37. The number of benzene rings is 2. The van der Waals surface area contributed by atoms with Crippen LogP contribution in [-0.4, -0.2) is 43.7 Å². The smallest absolute Gasteiger partial charge is 0.338 e. The summed E-state index contributed by atoms with van der Waals surface area (Å²) in [6.07, 6.45) is 0.424. The number of hydrogen-bond donors (Lipinski definition) is 2. The number of aromatic carboxylic acids is 1. The van der Waals surface area contributed by atoms with Crippen LogP contribution >= 0.6 is 0 Å². The van der Waals surface area contributed by atoms with Gasteiger partial charge in [-0.1, -0.05) is 6.92 Å². The fourth-order valence-electron chi connectivity index (χ4n) is 3.94. The summed E-state index contributed by atoms with van der Waals surface area (Å²) in [5.74, 6) is -1.56. The van der Waals surface area contributed by atoms with E-state index in [1.54, 1.807) is 55.1 Å². The van der Waals surface area contributed by atoms with E-state index in [1.807, 2.05) is 6.92 Å². The number of carboxylic acids is 1. The first-order valence-corrected chi connectivity index (χ1v) is 11.2. The maximum Gasteiger partial charge on any atom is 0.338 e. The average molecular weight is 480 g/mol. The second kappa shape index (κ2) is 9.42. The molecule has 2 N–H and O–H groups in total. The van der Waals surface area contributed by atoms with E-state index in [0.717, 1.165) is 17.7 Å². The normalized spacial score (nSPS) is 16.0. The largest absolute Gasteiger partial charge is 0.478 e. The molecule has 0 bridgehead atoms. The van der Waals surface area contributed by atoms with Gasteiger partial charge in [-0.25, -0.2) is 9.18 Å². The summed E-state index contributed by atoms with van der Waals surface area (Å²) in [5.41, 5.74) is 0.583. The summed E-state index contributed by atoms with van der Waals surface area (Å²) in [6, 6.07) is 12.6. The van der Waals surface area contributed by atoms with E-state index in [4.69, 9.17) is 4.74 Å². The van der Waals surface area contributed by atoms with Gasteiger partial charge in [-0.05, 0) is 68.3 Å². The van der Waals surface area contributed by atoms with Gasteiger partial charge in [0.15, 0.2) is 0 Å². The Kier molecular flexibility index (Phi) is 6.53. The zero-order valence-electron chi connectivity index (χ0n) is 19.7. The van der Waals surface area contributed by atoms with Crippen LogP contribution in [0.3, 0.4) is 0 Å². The van der Waals surface area contributed by atoms with Gasteiger partial charge in [-0.15, -0.1) is 0 Å². The Balaban J connectivity index is 1.59. The third-order valence-electron chi connectivity index (χ3n) is 5.82. The highest BCUT2D eigenvalue weighted by Crippen LogP contribution is 2.32. The first-order valence-electron chi connectivity index (χ1n) is 11.2. The van der Waals surface area contributed by atoms with Crippen molar-refractivity contribution in [2.45, 2.75) is 39.3 Å². The Labute approximate surface area is 202 Å². The Bertz CT molecular complexity index is 1250. The van der Waals surface area contributed by atoms with Crippen LogP contribution < -0.4 is 4.74 Å². The molecule has 3 aromatic rings. The lowest BCUT2D eigenvalue weighted by Crippen LogP contribution is -2.25. The highest BCUT2D eigenvalue weighted by atomic mass is 19.1. The number of aliphatic hydroxyl groups is 1. The molecule has 182 valence electrons. The quantitative estimate of drug-likeness (QED) is 0.517. The van der Waals surface area contributed by atoms with Gasteiger partial charge in [-0.3, -0.25) is 4.79 Å². The molecule has 0 spiro atoms. The molecule has 1 aliphatic rings. The van der Waals surface area contributed by atoms with Crippen LogP contribution in [0.25, 0.3) is 11.3 Å². The second-order valence-electron chi connectivity index (χ2n) is 9.32. The molecule has 35 heavy (non-hydrogen) atoms. The van der Waals surface area contributed by atoms with E-state index >= 15 is 0 Å². The lowest BCUT2D eigenvalue weighted by molar-refractivity contribution is -0.128. The highest BCUT2D eigenvalue weighted by Gasteiger charge is 2.28. The molecule has 9 heteroatoms. The molecule has 4 rings (SSSR count). The Morgan fingerprint density at radius 1 is 1.17 bits per heavy atom. The van der Waals surface area contributed by atoms with Gasteiger partial charge in [0, 0.05) is 30.6 Å². The molecule has 0 saturated carbocycles. The van der Waals surface area contributed by atoms with Crippen molar-refractivity contribution in [3.63, 3.8) is 0 Å². The molecule has 2 aromatic carbocycles. The summed E-state index contributed by atoms with van der Waals surface area (Å²) < 4.78 is 20.4. The van der Waals surface area contributed by atoms with Gasteiger partial charge in [0.2, 0.25) is 5.91 Å². The summed E-state index contributed by atoms with van der Waals surface area (Å²) in [7, 11) is 0. The number of carbonyl (C=O) groups excluding carboxylic acids is 1. The molecule has 1 aromatic heterocycles. The van der Waals surface area contributed by atoms with E-state index in [0.29, 0.717) is 35.7 Å². The van der Waals surface area contributed by atoms with Crippen molar-refractivity contribution in [2.24, 2.45) is 5.92 Å². The first-order chi connectivity index (χ1) is 16.5. The fraction of sp³-hybridized carbons (Fsp3) is 0.308. The molecular formula is C26H26FN3O5.